The molecule has 16 heteroatoms. The molecule has 3 aliphatic rings. The minimum absolute atomic E-state index is 0. The van der Waals surface area contributed by atoms with Crippen LogP contribution in [0.5, 0.6) is 5.88 Å². The van der Waals surface area contributed by atoms with Crippen LogP contribution in [-0.2, 0) is 14.4 Å². The van der Waals surface area contributed by atoms with Crippen LogP contribution in [0, 0.1) is 18.8 Å². The van der Waals surface area contributed by atoms with E-state index in [1.54, 1.807) is 6.92 Å². The summed E-state index contributed by atoms with van der Waals surface area (Å²) in [4.78, 5) is 80.1. The van der Waals surface area contributed by atoms with Crippen LogP contribution in [0.25, 0.3) is 32.0 Å². The SMILES string of the molecule is CCC1[C@@H](Oc2nc3ccccc3nc2-c2nc3ccccc3s2)CN2C(=O)[C@@H](NC(=O)c3cnc(C)nc3)CCCCCC=C[C@@H]3C[C@@]3(C(=O)O)NC(=O)[C@H]12.Cl. The van der Waals surface area contributed by atoms with Gasteiger partial charge in [-0.05, 0) is 63.3 Å². The number of nitrogens with one attached hydrogen (secondary N) is 2. The summed E-state index contributed by atoms with van der Waals surface area (Å²) in [5, 5.41) is 16.8. The molecule has 0 bridgehead atoms. The fourth-order valence-electron chi connectivity index (χ4n) is 7.89. The van der Waals surface area contributed by atoms with Crippen molar-refractivity contribution in [1.82, 2.24) is 40.5 Å². The number of fused-ring (bicyclic) bond motifs is 4. The molecule has 3 amide bonds. The maximum Gasteiger partial charge on any atom is 0.330 e. The molecule has 3 N–H and O–H groups in total. The average Bonchev–Trinajstić information content (AvgIpc) is 3.53. The second-order valence-electron chi connectivity index (χ2n) is 14.7. The van der Waals surface area contributed by atoms with Crippen LogP contribution < -0.4 is 15.4 Å². The first-order valence-corrected chi connectivity index (χ1v) is 19.9. The summed E-state index contributed by atoms with van der Waals surface area (Å²) in [6.45, 7) is 3.60. The highest BCUT2D eigenvalue weighted by Crippen LogP contribution is 2.46. The number of para-hydroxylation sites is 3. The van der Waals surface area contributed by atoms with Gasteiger partial charge in [0, 0.05) is 24.2 Å². The first kappa shape index (κ1) is 39.7. The van der Waals surface area contributed by atoms with Gasteiger partial charge in [-0.3, -0.25) is 14.4 Å². The van der Waals surface area contributed by atoms with Crippen molar-refractivity contribution in [1.29, 1.82) is 0 Å². The summed E-state index contributed by atoms with van der Waals surface area (Å²) in [6, 6.07) is 13.1. The summed E-state index contributed by atoms with van der Waals surface area (Å²) in [6.07, 6.45) is 9.87. The maximum absolute atomic E-state index is 14.8. The second-order valence-corrected chi connectivity index (χ2v) is 15.7. The van der Waals surface area contributed by atoms with E-state index in [0.717, 1.165) is 29.5 Å². The van der Waals surface area contributed by atoms with E-state index in [4.69, 9.17) is 19.7 Å². The zero-order valence-corrected chi connectivity index (χ0v) is 33.1. The molecule has 3 aromatic heterocycles. The molecule has 1 unspecified atom stereocenters. The summed E-state index contributed by atoms with van der Waals surface area (Å²) in [5.74, 6) is -2.93. The van der Waals surface area contributed by atoms with Gasteiger partial charge in [-0.1, -0.05) is 56.2 Å². The molecule has 2 aromatic carbocycles. The molecule has 1 saturated carbocycles. The zero-order chi connectivity index (χ0) is 39.0. The molecule has 6 atom stereocenters. The Balaban J connectivity index is 0.00000496. The summed E-state index contributed by atoms with van der Waals surface area (Å²) >= 11 is 1.46. The summed E-state index contributed by atoms with van der Waals surface area (Å²) < 4.78 is 7.77. The first-order chi connectivity index (χ1) is 27.1. The third-order valence-electron chi connectivity index (χ3n) is 11.0. The normalized spacial score (nSPS) is 25.0. The maximum atomic E-state index is 14.8. The number of allylic oxidation sites excluding steroid dienone is 1. The van der Waals surface area contributed by atoms with Gasteiger partial charge in [0.2, 0.25) is 17.7 Å². The van der Waals surface area contributed by atoms with Gasteiger partial charge in [0.15, 0.2) is 5.69 Å². The molecule has 0 radical (unpaired) electrons. The number of hydrogen-bond donors (Lipinski definition) is 3. The van der Waals surface area contributed by atoms with Crippen molar-refractivity contribution in [3.63, 3.8) is 0 Å². The molecule has 2 fully saturated rings. The van der Waals surface area contributed by atoms with E-state index in [1.165, 1.54) is 28.6 Å². The number of carboxylic acids is 1. The molecular weight excluding hydrogens is 768 g/mol. The second kappa shape index (κ2) is 16.5. The standard InChI is InChI=1S/C41H42N8O6S.ClH/c1-3-26-31(55-37-33(44-27-14-9-10-15-28(27)46-37)38-47-29-16-11-12-18-32(29)56-38)22-49-34(26)36(51)48-41(40(53)54)19-25(41)13-7-5-4-6-8-17-30(39(49)52)45-35(50)24-20-42-23(2)43-21-24;/h7,9-16,18,20-21,25-26,30-31,34H,3-6,8,17,19,22H2,1-2H3,(H,45,50)(H,48,51)(H,53,54);1H/t25-,26?,30+,31+,34+,41-;/m1./s1. The predicted octanol–water partition coefficient (Wildman–Crippen LogP) is 5.69. The van der Waals surface area contributed by atoms with Crippen molar-refractivity contribution in [2.75, 3.05) is 6.54 Å². The highest BCUT2D eigenvalue weighted by Gasteiger charge is 2.62. The number of benzene rings is 2. The van der Waals surface area contributed by atoms with Gasteiger partial charge in [0.1, 0.15) is 34.6 Å². The minimum atomic E-state index is -1.48. The summed E-state index contributed by atoms with van der Waals surface area (Å²) in [7, 11) is 0. The molecular formula is C41H43ClN8O6S. The van der Waals surface area contributed by atoms with Crippen LogP contribution in [0.1, 0.15) is 68.1 Å². The Morgan fingerprint density at radius 3 is 2.44 bits per heavy atom. The Hall–Kier alpha value is -5.54. The predicted molar refractivity (Wildman–Crippen MR) is 216 cm³/mol. The lowest BCUT2D eigenvalue weighted by Crippen LogP contribution is -2.57. The summed E-state index contributed by atoms with van der Waals surface area (Å²) in [5.41, 5.74) is 1.21. The van der Waals surface area contributed by atoms with E-state index < -0.39 is 53.3 Å². The van der Waals surface area contributed by atoms with Gasteiger partial charge in [-0.15, -0.1) is 23.7 Å². The third kappa shape index (κ3) is 7.90. The number of carbonyl (C=O) groups excluding carboxylic acids is 3. The Labute approximate surface area is 339 Å². The monoisotopic (exact) mass is 810 g/mol. The first-order valence-electron chi connectivity index (χ1n) is 19.1. The third-order valence-corrected chi connectivity index (χ3v) is 12.1. The number of halogens is 1. The molecule has 5 aromatic rings. The number of carboxylic acid groups (broad SMARTS) is 1. The minimum Gasteiger partial charge on any atom is -0.479 e. The van der Waals surface area contributed by atoms with E-state index in [-0.39, 0.29) is 42.7 Å². The van der Waals surface area contributed by atoms with Crippen LogP contribution in [0.2, 0.25) is 0 Å². The van der Waals surface area contributed by atoms with Crippen LogP contribution in [0.3, 0.4) is 0 Å². The van der Waals surface area contributed by atoms with Gasteiger partial charge in [0.25, 0.3) is 5.91 Å². The molecule has 14 nitrogen and oxygen atoms in total. The van der Waals surface area contributed by atoms with E-state index in [2.05, 4.69) is 20.6 Å². The molecule has 5 heterocycles. The molecule has 57 heavy (non-hydrogen) atoms. The topological polar surface area (TPSA) is 189 Å². The molecule has 296 valence electrons. The molecule has 0 spiro atoms. The largest absolute Gasteiger partial charge is 0.479 e. The quantitative estimate of drug-likeness (QED) is 0.171. The molecule has 1 saturated heterocycles. The van der Waals surface area contributed by atoms with Crippen molar-refractivity contribution in [3.8, 4) is 16.6 Å². The van der Waals surface area contributed by atoms with Crippen molar-refractivity contribution in [2.24, 2.45) is 11.8 Å². The van der Waals surface area contributed by atoms with Crippen molar-refractivity contribution in [3.05, 3.63) is 84.5 Å². The van der Waals surface area contributed by atoms with E-state index in [0.29, 0.717) is 46.8 Å². The van der Waals surface area contributed by atoms with Crippen molar-refractivity contribution < 1.29 is 29.0 Å². The highest BCUT2D eigenvalue weighted by atomic mass is 35.5. The Bertz CT molecular complexity index is 2320. The number of thiazole rings is 1. The van der Waals surface area contributed by atoms with E-state index >= 15 is 0 Å². The number of aliphatic carboxylic acids is 1. The number of amides is 3. The number of aryl methyl sites for hydroxylation is 1. The zero-order valence-electron chi connectivity index (χ0n) is 31.5. The molecule has 1 aliphatic carbocycles. The number of hydrogen-bond acceptors (Lipinski definition) is 11. The van der Waals surface area contributed by atoms with Crippen LogP contribution >= 0.6 is 23.7 Å². The van der Waals surface area contributed by atoms with Gasteiger partial charge in [-0.25, -0.2) is 29.7 Å². The Morgan fingerprint density at radius 1 is 1.00 bits per heavy atom. The lowest BCUT2D eigenvalue weighted by molar-refractivity contribution is -0.146. The number of carbonyl (C=O) groups is 4. The lowest BCUT2D eigenvalue weighted by Gasteiger charge is -2.31. The molecule has 2 aliphatic heterocycles. The van der Waals surface area contributed by atoms with E-state index in [1.807, 2.05) is 67.6 Å². The number of ether oxygens (including phenoxy) is 1. The van der Waals surface area contributed by atoms with Gasteiger partial charge in [-0.2, -0.15) is 0 Å². The van der Waals surface area contributed by atoms with Crippen LogP contribution in [0.15, 0.2) is 73.1 Å². The number of aromatic nitrogens is 5. The number of nitrogens with zero attached hydrogens (tertiary/aromatic N) is 6. The van der Waals surface area contributed by atoms with E-state index in [9.17, 15) is 24.3 Å². The van der Waals surface area contributed by atoms with Crippen LogP contribution in [0.4, 0.5) is 0 Å². The fourth-order valence-corrected chi connectivity index (χ4v) is 8.83. The van der Waals surface area contributed by atoms with Crippen LogP contribution in [-0.4, -0.2) is 88.9 Å². The van der Waals surface area contributed by atoms with Gasteiger partial charge >= 0.3 is 5.97 Å². The Kier molecular flexibility index (Phi) is 11.5. The average molecular weight is 811 g/mol. The van der Waals surface area contributed by atoms with Gasteiger partial charge < -0.3 is 25.4 Å². The molecule has 8 rings (SSSR count). The van der Waals surface area contributed by atoms with Crippen molar-refractivity contribution in [2.45, 2.75) is 82.5 Å². The van der Waals surface area contributed by atoms with Gasteiger partial charge in [0.05, 0.1) is 33.4 Å². The highest BCUT2D eigenvalue weighted by molar-refractivity contribution is 7.21. The lowest BCUT2D eigenvalue weighted by atomic mass is 9.93. The van der Waals surface area contributed by atoms with Crippen molar-refractivity contribution >= 4 is 68.7 Å². The number of rotatable bonds is 7. The smallest absolute Gasteiger partial charge is 0.330 e. The fraction of sp³-hybridized carbons (Fsp3) is 0.390. The Morgan fingerprint density at radius 2 is 1.72 bits per heavy atom.